The van der Waals surface area contributed by atoms with Gasteiger partial charge >= 0.3 is 0 Å². The van der Waals surface area contributed by atoms with Crippen molar-refractivity contribution in [3.8, 4) is 0 Å². The summed E-state index contributed by atoms with van der Waals surface area (Å²) in [6.07, 6.45) is 0.644. The Morgan fingerprint density at radius 1 is 1.09 bits per heavy atom. The number of hydrogen-bond acceptors (Lipinski definition) is 4. The smallest absolute Gasteiger partial charge is 0.154 e. The third kappa shape index (κ3) is 3.18. The van der Waals surface area contributed by atoms with Gasteiger partial charge in [0.1, 0.15) is 0 Å². The lowest BCUT2D eigenvalue weighted by atomic mass is 9.83. The fourth-order valence-electron chi connectivity index (χ4n) is 2.50. The maximum atomic E-state index is 11.7. The SMILES string of the molecule is CN(C)CCc1ccccc1C(O)(C(=O)[O-])c1ccccc1. The van der Waals surface area contributed by atoms with E-state index in [1.807, 2.05) is 31.1 Å². The summed E-state index contributed by atoms with van der Waals surface area (Å²) in [6, 6.07) is 15.4. The second-order valence-corrected chi connectivity index (χ2v) is 5.57. The van der Waals surface area contributed by atoms with Crippen molar-refractivity contribution in [2.75, 3.05) is 20.6 Å². The van der Waals surface area contributed by atoms with E-state index < -0.39 is 11.6 Å². The van der Waals surface area contributed by atoms with Crippen LogP contribution in [0.25, 0.3) is 0 Å². The van der Waals surface area contributed by atoms with Gasteiger partial charge < -0.3 is 19.9 Å². The zero-order chi connectivity index (χ0) is 16.2. The van der Waals surface area contributed by atoms with E-state index in [1.54, 1.807) is 42.5 Å². The normalized spacial score (nSPS) is 13.8. The summed E-state index contributed by atoms with van der Waals surface area (Å²) >= 11 is 0. The molecule has 22 heavy (non-hydrogen) atoms. The second kappa shape index (κ2) is 6.73. The molecule has 2 aromatic carbocycles. The summed E-state index contributed by atoms with van der Waals surface area (Å²) in [4.78, 5) is 13.8. The van der Waals surface area contributed by atoms with Crippen LogP contribution in [-0.2, 0) is 16.8 Å². The van der Waals surface area contributed by atoms with Gasteiger partial charge in [-0.1, -0.05) is 54.6 Å². The quantitative estimate of drug-likeness (QED) is 0.856. The van der Waals surface area contributed by atoms with Crippen LogP contribution in [0.3, 0.4) is 0 Å². The maximum absolute atomic E-state index is 11.7. The third-order valence-electron chi connectivity index (χ3n) is 3.72. The van der Waals surface area contributed by atoms with Gasteiger partial charge in [0, 0.05) is 6.54 Å². The number of aliphatic hydroxyl groups is 1. The minimum absolute atomic E-state index is 0.298. The summed E-state index contributed by atoms with van der Waals surface area (Å²) in [5.74, 6) is -1.52. The molecule has 0 aliphatic heterocycles. The first-order valence-corrected chi connectivity index (χ1v) is 7.18. The summed E-state index contributed by atoms with van der Waals surface area (Å²) in [5, 5.41) is 22.6. The van der Waals surface area contributed by atoms with Crippen molar-refractivity contribution in [1.29, 1.82) is 0 Å². The van der Waals surface area contributed by atoms with Gasteiger partial charge in [0.15, 0.2) is 5.60 Å². The number of carbonyl (C=O) groups excluding carboxylic acids is 1. The molecule has 0 amide bonds. The lowest BCUT2D eigenvalue weighted by Crippen LogP contribution is -2.47. The van der Waals surface area contributed by atoms with E-state index in [1.165, 1.54) is 0 Å². The van der Waals surface area contributed by atoms with E-state index in [0.29, 0.717) is 17.5 Å². The predicted molar refractivity (Wildman–Crippen MR) is 83.1 cm³/mol. The predicted octanol–water partition coefficient (Wildman–Crippen LogP) is 0.776. The van der Waals surface area contributed by atoms with E-state index in [-0.39, 0.29) is 0 Å². The molecule has 0 aromatic heterocycles. The summed E-state index contributed by atoms with van der Waals surface area (Å²) in [7, 11) is 3.90. The number of benzene rings is 2. The average Bonchev–Trinajstić information content (AvgIpc) is 2.53. The highest BCUT2D eigenvalue weighted by molar-refractivity contribution is 5.82. The Bertz CT molecular complexity index is 640. The van der Waals surface area contributed by atoms with Gasteiger partial charge in [-0.3, -0.25) is 0 Å². The van der Waals surface area contributed by atoms with Crippen LogP contribution in [0.1, 0.15) is 16.7 Å². The van der Waals surface area contributed by atoms with Crippen molar-refractivity contribution in [2.24, 2.45) is 0 Å². The van der Waals surface area contributed by atoms with Gasteiger partial charge in [0.05, 0.1) is 5.97 Å². The largest absolute Gasteiger partial charge is 0.546 e. The Morgan fingerprint density at radius 2 is 1.68 bits per heavy atom. The second-order valence-electron chi connectivity index (χ2n) is 5.57. The van der Waals surface area contributed by atoms with Gasteiger partial charge in [0.2, 0.25) is 0 Å². The lowest BCUT2D eigenvalue weighted by molar-refractivity contribution is -0.322. The lowest BCUT2D eigenvalue weighted by Gasteiger charge is -2.32. The Morgan fingerprint density at radius 3 is 2.27 bits per heavy atom. The van der Waals surface area contributed by atoms with Crippen LogP contribution in [0.4, 0.5) is 0 Å². The minimum atomic E-state index is -2.15. The molecule has 4 nitrogen and oxygen atoms in total. The van der Waals surface area contributed by atoms with Crippen LogP contribution in [0.15, 0.2) is 54.6 Å². The molecule has 1 unspecified atom stereocenters. The van der Waals surface area contributed by atoms with Crippen molar-refractivity contribution < 1.29 is 15.0 Å². The molecule has 0 spiro atoms. The number of carbonyl (C=O) groups is 1. The summed E-state index contributed by atoms with van der Waals surface area (Å²) in [6.45, 7) is 0.759. The van der Waals surface area contributed by atoms with Crippen LogP contribution >= 0.6 is 0 Å². The van der Waals surface area contributed by atoms with E-state index in [2.05, 4.69) is 0 Å². The highest BCUT2D eigenvalue weighted by Crippen LogP contribution is 2.31. The van der Waals surface area contributed by atoms with Gasteiger partial charge in [-0.25, -0.2) is 0 Å². The first-order chi connectivity index (χ1) is 10.5. The topological polar surface area (TPSA) is 63.6 Å². The van der Waals surface area contributed by atoms with Crippen molar-refractivity contribution >= 4 is 5.97 Å². The highest BCUT2D eigenvalue weighted by atomic mass is 16.4. The van der Waals surface area contributed by atoms with Gasteiger partial charge in [-0.2, -0.15) is 0 Å². The van der Waals surface area contributed by atoms with E-state index in [0.717, 1.165) is 12.1 Å². The van der Waals surface area contributed by atoms with Gasteiger partial charge in [-0.05, 0) is 37.2 Å². The molecule has 1 N–H and O–H groups in total. The molecule has 0 aliphatic carbocycles. The number of rotatable bonds is 6. The third-order valence-corrected chi connectivity index (χ3v) is 3.72. The van der Waals surface area contributed by atoms with Crippen molar-refractivity contribution in [3.05, 3.63) is 71.3 Å². The average molecular weight is 298 g/mol. The van der Waals surface area contributed by atoms with Crippen LogP contribution in [0, 0.1) is 0 Å². The number of carboxylic acid groups (broad SMARTS) is 1. The monoisotopic (exact) mass is 298 g/mol. The molecule has 0 heterocycles. The molecule has 2 rings (SSSR count). The summed E-state index contributed by atoms with van der Waals surface area (Å²) < 4.78 is 0. The van der Waals surface area contributed by atoms with Crippen LogP contribution in [0.2, 0.25) is 0 Å². The molecule has 116 valence electrons. The molecule has 0 saturated heterocycles. The Balaban J connectivity index is 2.52. The van der Waals surface area contributed by atoms with E-state index in [4.69, 9.17) is 0 Å². The molecule has 0 bridgehead atoms. The molecule has 0 fully saturated rings. The zero-order valence-corrected chi connectivity index (χ0v) is 12.8. The van der Waals surface area contributed by atoms with Crippen molar-refractivity contribution in [2.45, 2.75) is 12.0 Å². The van der Waals surface area contributed by atoms with Crippen molar-refractivity contribution in [1.82, 2.24) is 4.90 Å². The zero-order valence-electron chi connectivity index (χ0n) is 12.8. The van der Waals surface area contributed by atoms with Crippen LogP contribution in [-0.4, -0.2) is 36.6 Å². The molecular formula is C18H20NO3-. The molecule has 1 atom stereocenters. The number of hydrogen-bond donors (Lipinski definition) is 1. The first-order valence-electron chi connectivity index (χ1n) is 7.18. The Labute approximate surface area is 130 Å². The Hall–Kier alpha value is -2.17. The fourth-order valence-corrected chi connectivity index (χ4v) is 2.50. The Kier molecular flexibility index (Phi) is 4.96. The molecule has 0 radical (unpaired) electrons. The van der Waals surface area contributed by atoms with Crippen LogP contribution < -0.4 is 5.11 Å². The standard InChI is InChI=1S/C18H21NO3/c1-19(2)13-12-14-8-6-7-11-16(14)18(22,17(20)21)15-9-4-3-5-10-15/h3-11,22H,12-13H2,1-2H3,(H,20,21)/p-1. The van der Waals surface area contributed by atoms with Gasteiger partial charge in [0.25, 0.3) is 0 Å². The molecule has 0 saturated carbocycles. The first kappa shape index (κ1) is 16.2. The fraction of sp³-hybridized carbons (Fsp3) is 0.278. The highest BCUT2D eigenvalue weighted by Gasteiger charge is 2.35. The number of nitrogens with zero attached hydrogens (tertiary/aromatic N) is 1. The summed E-state index contributed by atoms with van der Waals surface area (Å²) in [5.41, 5.74) is -0.688. The van der Waals surface area contributed by atoms with Crippen LogP contribution in [0.5, 0.6) is 0 Å². The minimum Gasteiger partial charge on any atom is -0.546 e. The van der Waals surface area contributed by atoms with E-state index in [9.17, 15) is 15.0 Å². The maximum Gasteiger partial charge on any atom is 0.154 e. The number of aliphatic carboxylic acids is 1. The molecular weight excluding hydrogens is 278 g/mol. The number of likely N-dealkylation sites (N-methyl/N-ethyl adjacent to an activating group) is 1. The molecule has 4 heteroatoms. The van der Waals surface area contributed by atoms with E-state index >= 15 is 0 Å². The molecule has 0 aliphatic rings. The number of carboxylic acids is 1. The van der Waals surface area contributed by atoms with Crippen molar-refractivity contribution in [3.63, 3.8) is 0 Å². The molecule has 2 aromatic rings. The van der Waals surface area contributed by atoms with Gasteiger partial charge in [-0.15, -0.1) is 0 Å².